The zero-order valence-corrected chi connectivity index (χ0v) is 11.6. The van der Waals surface area contributed by atoms with Gasteiger partial charge in [0.25, 0.3) is 0 Å². The van der Waals surface area contributed by atoms with E-state index in [1.807, 2.05) is 0 Å². The van der Waals surface area contributed by atoms with Gasteiger partial charge in [-0.2, -0.15) is 0 Å². The van der Waals surface area contributed by atoms with Gasteiger partial charge in [-0.05, 0) is 34.1 Å². The van der Waals surface area contributed by atoms with Crippen LogP contribution in [0.4, 0.5) is 4.39 Å². The van der Waals surface area contributed by atoms with Crippen molar-refractivity contribution in [2.45, 2.75) is 0 Å². The number of pyridine rings is 1. The van der Waals surface area contributed by atoms with E-state index >= 15 is 0 Å². The summed E-state index contributed by atoms with van der Waals surface area (Å²) in [4.78, 5) is 14.6. The summed E-state index contributed by atoms with van der Waals surface area (Å²) in [6, 6.07) is 6.89. The Bertz CT molecular complexity index is 651. The van der Waals surface area contributed by atoms with Crippen LogP contribution in [0.1, 0.15) is 10.5 Å². The maximum atomic E-state index is 13.3. The first-order valence-corrected chi connectivity index (χ1v) is 6.17. The lowest BCUT2D eigenvalue weighted by atomic mass is 10.3. The monoisotopic (exact) mass is 345 g/mol. The molecule has 0 unspecified atom stereocenters. The van der Waals surface area contributed by atoms with E-state index in [0.717, 1.165) is 6.07 Å². The van der Waals surface area contributed by atoms with Crippen molar-refractivity contribution in [1.29, 1.82) is 0 Å². The largest absolute Gasteiger partial charge is 0.476 e. The summed E-state index contributed by atoms with van der Waals surface area (Å²) in [6.07, 6.45) is 0. The van der Waals surface area contributed by atoms with Crippen molar-refractivity contribution in [3.05, 3.63) is 51.3 Å². The number of rotatable bonds is 3. The van der Waals surface area contributed by atoms with E-state index in [4.69, 9.17) is 21.4 Å². The van der Waals surface area contributed by atoms with Crippen molar-refractivity contribution in [2.75, 3.05) is 0 Å². The molecule has 1 N–H and O–H groups in total. The van der Waals surface area contributed by atoms with Crippen molar-refractivity contribution in [1.82, 2.24) is 4.98 Å². The lowest BCUT2D eigenvalue weighted by molar-refractivity contribution is 0.0690. The molecule has 0 fully saturated rings. The first-order chi connectivity index (χ1) is 8.97. The molecule has 0 saturated heterocycles. The number of aromatic carboxylic acids is 1. The molecule has 0 aliphatic heterocycles. The smallest absolute Gasteiger partial charge is 0.356 e. The second-order valence-electron chi connectivity index (χ2n) is 3.46. The predicted octanol–water partition coefficient (Wildman–Crippen LogP) is 4.13. The molecule has 4 nitrogen and oxygen atoms in total. The van der Waals surface area contributed by atoms with E-state index in [-0.39, 0.29) is 22.3 Å². The van der Waals surface area contributed by atoms with Gasteiger partial charge in [-0.1, -0.05) is 11.6 Å². The van der Waals surface area contributed by atoms with Crippen molar-refractivity contribution < 1.29 is 19.0 Å². The van der Waals surface area contributed by atoms with Gasteiger partial charge in [-0.3, -0.25) is 0 Å². The SMILES string of the molecule is O=C(O)c1nc(Oc2ccc(Br)c(F)c2)ccc1Cl. The number of carboxylic acid groups (broad SMARTS) is 1. The van der Waals surface area contributed by atoms with Crippen molar-refractivity contribution in [3.63, 3.8) is 0 Å². The standard InChI is InChI=1S/C12H6BrClFNO3/c13-7-2-1-6(5-9(7)15)19-10-4-3-8(14)11(16-10)12(17)18/h1-5H,(H,17,18). The van der Waals surface area contributed by atoms with E-state index in [2.05, 4.69) is 20.9 Å². The van der Waals surface area contributed by atoms with E-state index in [0.29, 0.717) is 4.47 Å². The number of aromatic nitrogens is 1. The average molecular weight is 347 g/mol. The Kier molecular flexibility index (Phi) is 4.01. The lowest BCUT2D eigenvalue weighted by Crippen LogP contribution is -2.02. The Hall–Kier alpha value is -1.66. The first-order valence-electron chi connectivity index (χ1n) is 5.00. The van der Waals surface area contributed by atoms with Crippen LogP contribution in [0.25, 0.3) is 0 Å². The summed E-state index contributed by atoms with van der Waals surface area (Å²) < 4.78 is 18.9. The van der Waals surface area contributed by atoms with Crippen molar-refractivity contribution in [2.24, 2.45) is 0 Å². The quantitative estimate of drug-likeness (QED) is 0.908. The molecule has 98 valence electrons. The molecule has 0 spiro atoms. The van der Waals surface area contributed by atoms with Gasteiger partial charge in [0, 0.05) is 12.1 Å². The van der Waals surface area contributed by atoms with Crippen molar-refractivity contribution in [3.8, 4) is 11.6 Å². The summed E-state index contributed by atoms with van der Waals surface area (Å²) >= 11 is 8.69. The highest BCUT2D eigenvalue weighted by Gasteiger charge is 2.12. The molecular formula is C12H6BrClFNO3. The molecule has 0 bridgehead atoms. The third-order valence-electron chi connectivity index (χ3n) is 2.14. The molecule has 0 saturated carbocycles. The predicted molar refractivity (Wildman–Crippen MR) is 70.4 cm³/mol. The maximum Gasteiger partial charge on any atom is 0.356 e. The van der Waals surface area contributed by atoms with Gasteiger partial charge in [-0.15, -0.1) is 0 Å². The molecule has 7 heteroatoms. The summed E-state index contributed by atoms with van der Waals surface area (Å²) in [5.74, 6) is -1.54. The molecular weight excluding hydrogens is 340 g/mol. The van der Waals surface area contributed by atoms with Crippen LogP contribution in [0.2, 0.25) is 5.02 Å². The minimum Gasteiger partial charge on any atom is -0.476 e. The van der Waals surface area contributed by atoms with E-state index < -0.39 is 11.8 Å². The van der Waals surface area contributed by atoms with E-state index in [1.54, 1.807) is 0 Å². The summed E-state index contributed by atoms with van der Waals surface area (Å²) in [6.45, 7) is 0. The number of hydrogen-bond acceptors (Lipinski definition) is 3. The van der Waals surface area contributed by atoms with Crippen LogP contribution in [0, 0.1) is 5.82 Å². The Morgan fingerprint density at radius 2 is 2.11 bits per heavy atom. The van der Waals surface area contributed by atoms with Crippen LogP contribution in [0.3, 0.4) is 0 Å². The zero-order chi connectivity index (χ0) is 14.0. The molecule has 2 aromatic rings. The van der Waals surface area contributed by atoms with Gasteiger partial charge in [0.15, 0.2) is 5.69 Å². The molecule has 0 aliphatic rings. The molecule has 0 atom stereocenters. The number of carbonyl (C=O) groups is 1. The molecule has 2 rings (SSSR count). The minimum absolute atomic E-state index is 0.00170. The zero-order valence-electron chi connectivity index (χ0n) is 9.23. The second-order valence-corrected chi connectivity index (χ2v) is 4.72. The fraction of sp³-hybridized carbons (Fsp3) is 0. The topological polar surface area (TPSA) is 59.4 Å². The summed E-state index contributed by atoms with van der Waals surface area (Å²) in [5, 5.41) is 8.87. The highest BCUT2D eigenvalue weighted by molar-refractivity contribution is 9.10. The first kappa shape index (κ1) is 13.8. The molecule has 1 heterocycles. The molecule has 1 aromatic heterocycles. The number of halogens is 3. The van der Waals surface area contributed by atoms with Crippen LogP contribution in [-0.4, -0.2) is 16.1 Å². The maximum absolute atomic E-state index is 13.3. The Morgan fingerprint density at radius 3 is 2.74 bits per heavy atom. The van der Waals surface area contributed by atoms with E-state index in [1.165, 1.54) is 24.3 Å². The van der Waals surface area contributed by atoms with Crippen LogP contribution < -0.4 is 4.74 Å². The van der Waals surface area contributed by atoms with Crippen LogP contribution in [-0.2, 0) is 0 Å². The van der Waals surface area contributed by atoms with Crippen LogP contribution >= 0.6 is 27.5 Å². The van der Waals surface area contributed by atoms with Crippen molar-refractivity contribution >= 4 is 33.5 Å². The Morgan fingerprint density at radius 1 is 1.37 bits per heavy atom. The van der Waals surface area contributed by atoms with Gasteiger partial charge >= 0.3 is 5.97 Å². The van der Waals surface area contributed by atoms with Gasteiger partial charge in [0.1, 0.15) is 11.6 Å². The van der Waals surface area contributed by atoms with Gasteiger partial charge in [0.05, 0.1) is 9.50 Å². The Labute approximate surface area is 120 Å². The number of hydrogen-bond donors (Lipinski definition) is 1. The number of benzene rings is 1. The van der Waals surface area contributed by atoms with Gasteiger partial charge < -0.3 is 9.84 Å². The second kappa shape index (κ2) is 5.54. The number of carboxylic acids is 1. The third kappa shape index (κ3) is 3.21. The Balaban J connectivity index is 2.30. The van der Waals surface area contributed by atoms with Gasteiger partial charge in [0.2, 0.25) is 5.88 Å². The van der Waals surface area contributed by atoms with E-state index in [9.17, 15) is 9.18 Å². The summed E-state index contributed by atoms with van der Waals surface area (Å²) in [7, 11) is 0. The third-order valence-corrected chi connectivity index (χ3v) is 3.08. The van der Waals surface area contributed by atoms with Crippen LogP contribution in [0.5, 0.6) is 11.6 Å². The molecule has 0 amide bonds. The molecule has 1 aromatic carbocycles. The normalized spacial score (nSPS) is 10.3. The fourth-order valence-corrected chi connectivity index (χ4v) is 1.72. The minimum atomic E-state index is -1.27. The molecule has 0 aliphatic carbocycles. The highest BCUT2D eigenvalue weighted by atomic mass is 79.9. The molecule has 0 radical (unpaired) electrons. The summed E-state index contributed by atoms with van der Waals surface area (Å²) in [5.41, 5.74) is -0.322. The van der Waals surface area contributed by atoms with Crippen LogP contribution in [0.15, 0.2) is 34.8 Å². The van der Waals surface area contributed by atoms with Gasteiger partial charge in [-0.25, -0.2) is 14.2 Å². The average Bonchev–Trinajstić information content (AvgIpc) is 2.36. The number of ether oxygens (including phenoxy) is 1. The fourth-order valence-electron chi connectivity index (χ4n) is 1.29. The highest BCUT2D eigenvalue weighted by Crippen LogP contribution is 2.26. The number of nitrogens with zero attached hydrogens (tertiary/aromatic N) is 1. The lowest BCUT2D eigenvalue weighted by Gasteiger charge is -2.06. The molecule has 19 heavy (non-hydrogen) atoms.